The molecule has 0 aliphatic heterocycles. The smallest absolute Gasteiger partial charge is 0.178 e. The molecule has 0 saturated carbocycles. The third-order valence-corrected chi connectivity index (χ3v) is 8.81. The number of allylic oxidation sites excluding steroid dienone is 1. The maximum atomic E-state index is 6.77. The Morgan fingerprint density at radius 2 is 1.16 bits per heavy atom. The fourth-order valence-electron chi connectivity index (χ4n) is 6.11. The van der Waals surface area contributed by atoms with E-state index in [2.05, 4.69) is 143 Å². The molecule has 49 heavy (non-hydrogen) atoms. The molecular formula is C44H33N5. The number of nitrogens with two attached hydrogens (primary N) is 1. The predicted molar refractivity (Wildman–Crippen MR) is 202 cm³/mol. The molecule has 0 unspecified atom stereocenters. The van der Waals surface area contributed by atoms with Crippen molar-refractivity contribution in [2.45, 2.75) is 6.54 Å². The van der Waals surface area contributed by atoms with Crippen LogP contribution in [0.1, 0.15) is 16.7 Å². The first kappa shape index (κ1) is 29.8. The largest absolute Gasteiger partial charge is 0.398 e. The van der Waals surface area contributed by atoms with E-state index in [1.807, 2.05) is 36.5 Å². The lowest BCUT2D eigenvalue weighted by atomic mass is 10.00. The van der Waals surface area contributed by atoms with Crippen molar-refractivity contribution in [3.05, 3.63) is 193 Å². The fraction of sp³-hybridized carbons (Fsp3) is 0.0227. The molecule has 0 saturated heterocycles. The monoisotopic (exact) mass is 631 g/mol. The molecule has 0 spiro atoms. The van der Waals surface area contributed by atoms with Gasteiger partial charge in [-0.1, -0.05) is 133 Å². The molecule has 0 radical (unpaired) electrons. The van der Waals surface area contributed by atoms with Gasteiger partial charge in [0, 0.05) is 18.1 Å². The second-order valence-electron chi connectivity index (χ2n) is 12.0. The van der Waals surface area contributed by atoms with Gasteiger partial charge >= 0.3 is 0 Å². The van der Waals surface area contributed by atoms with Crippen molar-refractivity contribution in [3.8, 4) is 33.4 Å². The van der Waals surface area contributed by atoms with E-state index in [-0.39, 0.29) is 0 Å². The van der Waals surface area contributed by atoms with Crippen molar-refractivity contribution in [1.29, 1.82) is 0 Å². The molecule has 5 heteroatoms. The van der Waals surface area contributed by atoms with E-state index in [1.54, 1.807) is 6.20 Å². The molecular weight excluding hydrogens is 599 g/mol. The van der Waals surface area contributed by atoms with Crippen LogP contribution >= 0.6 is 0 Å². The van der Waals surface area contributed by atoms with Crippen molar-refractivity contribution in [3.63, 3.8) is 0 Å². The molecule has 2 N–H and O–H groups in total. The molecule has 8 aromatic rings. The summed E-state index contributed by atoms with van der Waals surface area (Å²) in [6.45, 7) is 0.536. The molecule has 5 aromatic carbocycles. The molecule has 0 aliphatic carbocycles. The first-order valence-electron chi connectivity index (χ1n) is 16.3. The molecule has 3 heterocycles. The Morgan fingerprint density at radius 3 is 1.82 bits per heavy atom. The number of nitrogens with zero attached hydrogens (tertiary/aromatic N) is 4. The first-order chi connectivity index (χ1) is 24.2. The lowest BCUT2D eigenvalue weighted by Crippen LogP contribution is -2.04. The SMILES string of the molecule is N/C(=C\C(=NCc1ccc(-c2ccccc2)cc1)c1ccc(-c2ccccc2)cc1)c1ccc(-c2ccn3c(c2)nc2ncccc23)cc1. The van der Waals surface area contributed by atoms with Crippen LogP contribution in [0.15, 0.2) is 181 Å². The zero-order valence-corrected chi connectivity index (χ0v) is 26.8. The maximum absolute atomic E-state index is 6.77. The highest BCUT2D eigenvalue weighted by atomic mass is 15.0. The number of aromatic nitrogens is 3. The van der Waals surface area contributed by atoms with Gasteiger partial charge in [0.15, 0.2) is 5.65 Å². The molecule has 0 aliphatic rings. The lowest BCUT2D eigenvalue weighted by molar-refractivity contribution is 1.07. The summed E-state index contributed by atoms with van der Waals surface area (Å²) in [4.78, 5) is 14.2. The highest BCUT2D eigenvalue weighted by Crippen LogP contribution is 2.26. The van der Waals surface area contributed by atoms with Gasteiger partial charge in [-0.25, -0.2) is 9.97 Å². The van der Waals surface area contributed by atoms with E-state index in [0.29, 0.717) is 12.2 Å². The number of hydrogen-bond donors (Lipinski definition) is 1. The summed E-state index contributed by atoms with van der Waals surface area (Å²) in [5, 5.41) is 0. The Balaban J connectivity index is 1.08. The van der Waals surface area contributed by atoms with Crippen molar-refractivity contribution in [2.24, 2.45) is 10.7 Å². The second kappa shape index (κ2) is 13.3. The number of benzene rings is 5. The van der Waals surface area contributed by atoms with Crippen molar-refractivity contribution >= 4 is 28.2 Å². The van der Waals surface area contributed by atoms with Crippen LogP contribution in [-0.2, 0) is 6.54 Å². The molecule has 234 valence electrons. The maximum Gasteiger partial charge on any atom is 0.178 e. The Labute approximate surface area is 285 Å². The van der Waals surface area contributed by atoms with Crippen LogP contribution in [0.3, 0.4) is 0 Å². The fourth-order valence-corrected chi connectivity index (χ4v) is 6.11. The minimum absolute atomic E-state index is 0.536. The van der Waals surface area contributed by atoms with Crippen molar-refractivity contribution in [2.75, 3.05) is 0 Å². The molecule has 3 aromatic heterocycles. The minimum Gasteiger partial charge on any atom is -0.398 e. The van der Waals surface area contributed by atoms with Crippen LogP contribution in [-0.4, -0.2) is 20.1 Å². The molecule has 0 atom stereocenters. The molecule has 8 rings (SSSR count). The van der Waals surface area contributed by atoms with Crippen LogP contribution in [0.2, 0.25) is 0 Å². The van der Waals surface area contributed by atoms with Crippen LogP contribution in [0.25, 0.3) is 55.9 Å². The third kappa shape index (κ3) is 6.38. The van der Waals surface area contributed by atoms with Gasteiger partial charge in [-0.3, -0.25) is 9.39 Å². The van der Waals surface area contributed by atoms with Gasteiger partial charge in [0.25, 0.3) is 0 Å². The standard InChI is InChI=1S/C44H33N5/c45-40(37-21-17-36(18-22-37)39-25-27-49-42-12-7-26-46-44(42)48-43(49)28-39)29-41(38-23-19-35(20-24-38)33-10-5-2-6-11-33)47-30-31-13-15-34(16-14-31)32-8-3-1-4-9-32/h1-29H,30,45H2/b40-29-,47-41?. The van der Waals surface area contributed by atoms with Crippen LogP contribution < -0.4 is 5.73 Å². The summed E-state index contributed by atoms with van der Waals surface area (Å²) >= 11 is 0. The van der Waals surface area contributed by atoms with Crippen LogP contribution in [0.4, 0.5) is 0 Å². The zero-order valence-electron chi connectivity index (χ0n) is 26.8. The summed E-state index contributed by atoms with van der Waals surface area (Å²) in [6, 6.07) is 54.4. The van der Waals surface area contributed by atoms with E-state index in [1.165, 1.54) is 16.7 Å². The van der Waals surface area contributed by atoms with E-state index >= 15 is 0 Å². The number of pyridine rings is 2. The number of hydrogen-bond acceptors (Lipinski definition) is 4. The number of imidazole rings is 1. The van der Waals surface area contributed by atoms with E-state index in [9.17, 15) is 0 Å². The summed E-state index contributed by atoms with van der Waals surface area (Å²) < 4.78 is 2.06. The highest BCUT2D eigenvalue weighted by molar-refractivity contribution is 6.12. The quantitative estimate of drug-likeness (QED) is 0.170. The van der Waals surface area contributed by atoms with Gasteiger partial charge in [0.2, 0.25) is 0 Å². The Hall–Kier alpha value is -6.59. The normalized spacial score (nSPS) is 12.1. The number of fused-ring (bicyclic) bond motifs is 3. The van der Waals surface area contributed by atoms with Gasteiger partial charge in [0.1, 0.15) is 5.65 Å². The van der Waals surface area contributed by atoms with Gasteiger partial charge in [-0.15, -0.1) is 0 Å². The zero-order chi connectivity index (χ0) is 33.0. The van der Waals surface area contributed by atoms with E-state index in [4.69, 9.17) is 15.7 Å². The number of aliphatic imine (C=N–C) groups is 1. The summed E-state index contributed by atoms with van der Waals surface area (Å²) in [6.07, 6.45) is 5.80. The third-order valence-electron chi connectivity index (χ3n) is 8.81. The summed E-state index contributed by atoms with van der Waals surface area (Å²) in [7, 11) is 0. The predicted octanol–water partition coefficient (Wildman–Crippen LogP) is 9.87. The number of rotatable bonds is 8. The Kier molecular flexibility index (Phi) is 8.06. The molecule has 0 amide bonds. The summed E-state index contributed by atoms with van der Waals surface area (Å²) in [5.74, 6) is 0. The van der Waals surface area contributed by atoms with Crippen LogP contribution in [0.5, 0.6) is 0 Å². The topological polar surface area (TPSA) is 68.6 Å². The van der Waals surface area contributed by atoms with Crippen molar-refractivity contribution < 1.29 is 0 Å². The van der Waals surface area contributed by atoms with Gasteiger partial charge in [-0.2, -0.15) is 0 Å². The molecule has 5 nitrogen and oxygen atoms in total. The average Bonchev–Trinajstić information content (AvgIpc) is 3.55. The minimum atomic E-state index is 0.536. The van der Waals surface area contributed by atoms with E-state index < -0.39 is 0 Å². The second-order valence-corrected chi connectivity index (χ2v) is 12.0. The highest BCUT2D eigenvalue weighted by Gasteiger charge is 2.09. The van der Waals surface area contributed by atoms with Crippen LogP contribution in [0, 0.1) is 0 Å². The van der Waals surface area contributed by atoms with Crippen molar-refractivity contribution in [1.82, 2.24) is 14.4 Å². The Bertz CT molecular complexity index is 2420. The average molecular weight is 632 g/mol. The molecule has 0 bridgehead atoms. The Morgan fingerprint density at radius 1 is 0.592 bits per heavy atom. The van der Waals surface area contributed by atoms with Gasteiger partial charge in [0.05, 0.1) is 17.8 Å². The summed E-state index contributed by atoms with van der Waals surface area (Å²) in [5.41, 5.74) is 20.8. The lowest BCUT2D eigenvalue weighted by Gasteiger charge is -2.09. The van der Waals surface area contributed by atoms with E-state index in [0.717, 1.165) is 55.9 Å². The molecule has 0 fully saturated rings. The van der Waals surface area contributed by atoms with Gasteiger partial charge in [-0.05, 0) is 80.4 Å². The first-order valence-corrected chi connectivity index (χ1v) is 16.3. The van der Waals surface area contributed by atoms with Gasteiger partial charge < -0.3 is 5.73 Å².